The zero-order valence-electron chi connectivity index (χ0n) is 23.7. The van der Waals surface area contributed by atoms with E-state index in [9.17, 15) is 24.0 Å². The topological polar surface area (TPSA) is 148 Å². The third kappa shape index (κ3) is 8.43. The molecule has 1 aliphatic heterocycles. The Bertz CT molecular complexity index is 884. The van der Waals surface area contributed by atoms with Crippen LogP contribution in [-0.2, 0) is 23.9 Å². The fourth-order valence-electron chi connectivity index (χ4n) is 4.82. The van der Waals surface area contributed by atoms with E-state index < -0.39 is 58.7 Å². The summed E-state index contributed by atoms with van der Waals surface area (Å²) >= 11 is 0. The number of nitrogens with one attached hydrogen (secondary N) is 2. The number of nitrogens with zero attached hydrogens (tertiary/aromatic N) is 1. The molecule has 0 aromatic heterocycles. The molecule has 0 radical (unpaired) electrons. The van der Waals surface area contributed by atoms with E-state index in [-0.39, 0.29) is 17.8 Å². The Morgan fingerprint density at radius 1 is 1.00 bits per heavy atom. The van der Waals surface area contributed by atoms with E-state index in [1.807, 2.05) is 34.6 Å². The van der Waals surface area contributed by atoms with Crippen molar-refractivity contribution >= 4 is 29.6 Å². The monoisotopic (exact) mass is 522 g/mol. The van der Waals surface area contributed by atoms with Crippen molar-refractivity contribution in [2.24, 2.45) is 28.9 Å². The van der Waals surface area contributed by atoms with Crippen LogP contribution in [0.15, 0.2) is 0 Å². The van der Waals surface area contributed by atoms with Gasteiger partial charge >= 0.3 is 6.09 Å². The SMILES string of the molecule is CC(C)C1CC(C(=O)NC(CC2CCC2)C(=O)C(N)=O)N(C(=O)C(NC(=O)OC(C)(C)C)C(C)(C)C)C1. The van der Waals surface area contributed by atoms with Crippen molar-refractivity contribution < 1.29 is 28.7 Å². The predicted octanol–water partition coefficient (Wildman–Crippen LogP) is 2.53. The van der Waals surface area contributed by atoms with Crippen molar-refractivity contribution in [3.05, 3.63) is 0 Å². The maximum Gasteiger partial charge on any atom is 0.408 e. The summed E-state index contributed by atoms with van der Waals surface area (Å²) in [5.41, 5.74) is 3.85. The van der Waals surface area contributed by atoms with E-state index >= 15 is 0 Å². The number of ether oxygens (including phenoxy) is 1. The average molecular weight is 523 g/mol. The molecule has 210 valence electrons. The summed E-state index contributed by atoms with van der Waals surface area (Å²) in [5, 5.41) is 5.45. The van der Waals surface area contributed by atoms with Crippen molar-refractivity contribution in [3.8, 4) is 0 Å². The zero-order valence-corrected chi connectivity index (χ0v) is 23.7. The van der Waals surface area contributed by atoms with Crippen LogP contribution >= 0.6 is 0 Å². The molecule has 0 aromatic rings. The molecular formula is C27H46N4O6. The fourth-order valence-corrected chi connectivity index (χ4v) is 4.82. The highest BCUT2D eigenvalue weighted by molar-refractivity contribution is 6.37. The second kappa shape index (κ2) is 11.8. The molecule has 4 unspecified atom stereocenters. The van der Waals surface area contributed by atoms with Gasteiger partial charge in [-0.1, -0.05) is 53.9 Å². The molecule has 4 atom stereocenters. The highest BCUT2D eigenvalue weighted by Gasteiger charge is 2.46. The van der Waals surface area contributed by atoms with Gasteiger partial charge in [-0.15, -0.1) is 0 Å². The summed E-state index contributed by atoms with van der Waals surface area (Å²) in [6.45, 7) is 15.1. The van der Waals surface area contributed by atoms with Gasteiger partial charge < -0.3 is 26.0 Å². The number of ketones is 1. The van der Waals surface area contributed by atoms with E-state index in [1.165, 1.54) is 4.90 Å². The first-order chi connectivity index (χ1) is 16.9. The zero-order chi connectivity index (χ0) is 28.3. The van der Waals surface area contributed by atoms with E-state index in [0.717, 1.165) is 19.3 Å². The maximum absolute atomic E-state index is 13.9. The normalized spacial score (nSPS) is 22.1. The number of likely N-dealkylation sites (tertiary alicyclic amines) is 1. The number of hydrogen-bond donors (Lipinski definition) is 3. The summed E-state index contributed by atoms with van der Waals surface area (Å²) in [7, 11) is 0. The van der Waals surface area contributed by atoms with Gasteiger partial charge in [0.2, 0.25) is 17.6 Å². The number of carbonyl (C=O) groups is 5. The van der Waals surface area contributed by atoms with Crippen LogP contribution in [0.3, 0.4) is 0 Å². The minimum Gasteiger partial charge on any atom is -0.444 e. The molecule has 1 saturated carbocycles. The number of hydrogen-bond acceptors (Lipinski definition) is 6. The Labute approximate surface area is 220 Å². The van der Waals surface area contributed by atoms with Gasteiger partial charge in [0.15, 0.2) is 0 Å². The number of alkyl carbamates (subject to hydrolysis) is 1. The molecule has 0 spiro atoms. The van der Waals surface area contributed by atoms with Crippen molar-refractivity contribution in [2.45, 2.75) is 111 Å². The first-order valence-corrected chi connectivity index (χ1v) is 13.3. The van der Waals surface area contributed by atoms with Crippen molar-refractivity contribution in [2.75, 3.05) is 6.54 Å². The van der Waals surface area contributed by atoms with Crippen LogP contribution in [-0.4, -0.2) is 64.8 Å². The van der Waals surface area contributed by atoms with Gasteiger partial charge in [0.05, 0.1) is 6.04 Å². The average Bonchev–Trinajstić information content (AvgIpc) is 3.16. The quantitative estimate of drug-likeness (QED) is 0.396. The first kappa shape index (κ1) is 30.6. The van der Waals surface area contributed by atoms with Gasteiger partial charge in [0.1, 0.15) is 17.7 Å². The number of carbonyl (C=O) groups excluding carboxylic acids is 5. The Kier molecular flexibility index (Phi) is 9.76. The molecule has 1 saturated heterocycles. The number of amides is 4. The molecule has 10 nitrogen and oxygen atoms in total. The second-order valence-electron chi connectivity index (χ2n) is 13.0. The smallest absolute Gasteiger partial charge is 0.408 e. The fraction of sp³-hybridized carbons (Fsp3) is 0.815. The molecule has 0 bridgehead atoms. The molecule has 4 amide bonds. The van der Waals surface area contributed by atoms with Crippen LogP contribution in [0.25, 0.3) is 0 Å². The lowest BCUT2D eigenvalue weighted by molar-refractivity contribution is -0.143. The standard InChI is InChI=1S/C27H46N4O6/c1-15(2)17-13-19(23(34)29-18(20(32)22(28)33)12-16-10-9-11-16)31(14-17)24(35)21(26(3,4)5)30-25(36)37-27(6,7)8/h15-19,21H,9-14H2,1-8H3,(H2,28,33)(H,29,34)(H,30,36). The van der Waals surface area contributed by atoms with Gasteiger partial charge in [0, 0.05) is 6.54 Å². The minimum atomic E-state index is -1.08. The lowest BCUT2D eigenvalue weighted by Crippen LogP contribution is -2.59. The molecule has 1 heterocycles. The molecule has 2 aliphatic rings. The van der Waals surface area contributed by atoms with Crippen LogP contribution < -0.4 is 16.4 Å². The Balaban J connectivity index is 2.29. The number of rotatable bonds is 9. The van der Waals surface area contributed by atoms with Gasteiger partial charge in [-0.2, -0.15) is 0 Å². The van der Waals surface area contributed by atoms with Crippen molar-refractivity contribution in [1.82, 2.24) is 15.5 Å². The predicted molar refractivity (Wildman–Crippen MR) is 139 cm³/mol. The molecule has 10 heteroatoms. The van der Waals surface area contributed by atoms with Gasteiger partial charge in [-0.05, 0) is 56.8 Å². The molecule has 2 fully saturated rings. The van der Waals surface area contributed by atoms with Crippen LogP contribution in [0, 0.1) is 23.2 Å². The number of nitrogens with two attached hydrogens (primary N) is 1. The third-order valence-electron chi connectivity index (χ3n) is 7.31. The summed E-state index contributed by atoms with van der Waals surface area (Å²) < 4.78 is 5.38. The Morgan fingerprint density at radius 3 is 2.03 bits per heavy atom. The molecular weight excluding hydrogens is 476 g/mol. The van der Waals surface area contributed by atoms with Crippen LogP contribution in [0.5, 0.6) is 0 Å². The van der Waals surface area contributed by atoms with E-state index in [1.54, 1.807) is 20.8 Å². The molecule has 37 heavy (non-hydrogen) atoms. The molecule has 4 N–H and O–H groups in total. The maximum atomic E-state index is 13.9. The number of primary amides is 1. The highest BCUT2D eigenvalue weighted by Crippen LogP contribution is 2.33. The number of Topliss-reactive ketones (excluding diaryl/α,β-unsaturated/α-hetero) is 1. The van der Waals surface area contributed by atoms with Crippen LogP contribution in [0.2, 0.25) is 0 Å². The van der Waals surface area contributed by atoms with Crippen molar-refractivity contribution in [1.29, 1.82) is 0 Å². The second-order valence-corrected chi connectivity index (χ2v) is 13.0. The van der Waals surface area contributed by atoms with Gasteiger partial charge in [0.25, 0.3) is 5.91 Å². The minimum absolute atomic E-state index is 0.0544. The Morgan fingerprint density at radius 2 is 1.59 bits per heavy atom. The summed E-state index contributed by atoms with van der Waals surface area (Å²) in [6.07, 6.45) is 2.98. The highest BCUT2D eigenvalue weighted by atomic mass is 16.6. The summed E-state index contributed by atoms with van der Waals surface area (Å²) in [5.74, 6) is -2.27. The molecule has 0 aromatic carbocycles. The van der Waals surface area contributed by atoms with Gasteiger partial charge in [-0.3, -0.25) is 19.2 Å². The van der Waals surface area contributed by atoms with E-state index in [0.29, 0.717) is 19.4 Å². The lowest BCUT2D eigenvalue weighted by Gasteiger charge is -2.36. The van der Waals surface area contributed by atoms with E-state index in [2.05, 4.69) is 10.6 Å². The van der Waals surface area contributed by atoms with E-state index in [4.69, 9.17) is 10.5 Å². The van der Waals surface area contributed by atoms with Crippen LogP contribution in [0.4, 0.5) is 4.79 Å². The van der Waals surface area contributed by atoms with Crippen molar-refractivity contribution in [3.63, 3.8) is 0 Å². The molecule has 2 rings (SSSR count). The first-order valence-electron chi connectivity index (χ1n) is 13.3. The molecule has 1 aliphatic carbocycles. The summed E-state index contributed by atoms with van der Waals surface area (Å²) in [6, 6.07) is -2.79. The lowest BCUT2D eigenvalue weighted by atomic mass is 9.80. The summed E-state index contributed by atoms with van der Waals surface area (Å²) in [4.78, 5) is 65.6. The third-order valence-corrected chi connectivity index (χ3v) is 7.31. The van der Waals surface area contributed by atoms with Crippen LogP contribution in [0.1, 0.15) is 87.5 Å². The van der Waals surface area contributed by atoms with Gasteiger partial charge in [-0.25, -0.2) is 4.79 Å². The Hall–Kier alpha value is -2.65. The largest absolute Gasteiger partial charge is 0.444 e.